The summed E-state index contributed by atoms with van der Waals surface area (Å²) in [4.78, 5) is 14.6. The summed E-state index contributed by atoms with van der Waals surface area (Å²) < 4.78 is 2.42. The maximum Gasteiger partial charge on any atom is 0.155 e. The Morgan fingerprint density at radius 3 is 1.95 bits per heavy atom. The molecule has 1 N–H and O–H groups in total. The van der Waals surface area contributed by atoms with E-state index in [1.807, 2.05) is 0 Å². The third-order valence-corrected chi connectivity index (χ3v) is 7.47. The fourth-order valence-corrected chi connectivity index (χ4v) is 5.94. The van der Waals surface area contributed by atoms with Gasteiger partial charge in [0.2, 0.25) is 0 Å². The van der Waals surface area contributed by atoms with Gasteiger partial charge in [0, 0.05) is 54.3 Å². The van der Waals surface area contributed by atoms with Crippen molar-refractivity contribution < 1.29 is 30.0 Å². The number of hydrogen-bond acceptors (Lipinski definition) is 4. The van der Waals surface area contributed by atoms with E-state index in [9.17, 15) is 4.79 Å². The number of aliphatic hydroxyl groups is 1. The molecule has 0 amide bonds. The molecule has 0 atom stereocenters. The number of carbonyl (C=O) groups is 1. The van der Waals surface area contributed by atoms with E-state index in [0.717, 1.165) is 17.1 Å². The van der Waals surface area contributed by atoms with E-state index >= 15 is 0 Å². The second-order valence-corrected chi connectivity index (χ2v) is 10.2. The molecule has 0 saturated heterocycles. The summed E-state index contributed by atoms with van der Waals surface area (Å²) in [5.41, 5.74) is 8.28. The first kappa shape index (κ1) is 27.5. The van der Waals surface area contributed by atoms with Crippen LogP contribution in [0.25, 0.3) is 38.1 Å². The van der Waals surface area contributed by atoms with E-state index in [-0.39, 0.29) is 31.6 Å². The number of para-hydroxylation sites is 5. The van der Waals surface area contributed by atoms with Gasteiger partial charge in [-0.1, -0.05) is 77.8 Å². The number of hydrogen-bond donors (Lipinski definition) is 1. The largest absolute Gasteiger partial charge is 0.512 e. The van der Waals surface area contributed by atoms with Gasteiger partial charge in [-0.25, -0.2) is 0 Å². The van der Waals surface area contributed by atoms with E-state index in [2.05, 4.69) is 136 Å². The van der Waals surface area contributed by atoms with Crippen molar-refractivity contribution in [3.05, 3.63) is 134 Å². The van der Waals surface area contributed by atoms with Gasteiger partial charge >= 0.3 is 0 Å². The molecule has 1 aliphatic rings. The molecular weight excluding hydrogens is 699 g/mol. The van der Waals surface area contributed by atoms with Crippen molar-refractivity contribution in [1.29, 1.82) is 0 Å². The van der Waals surface area contributed by atoms with Gasteiger partial charge in [-0.3, -0.25) is 4.79 Å². The monoisotopic (exact) mass is 726 g/mol. The van der Waals surface area contributed by atoms with Crippen LogP contribution in [0, 0.1) is 12.7 Å². The van der Waals surface area contributed by atoms with Crippen molar-refractivity contribution in [2.75, 3.05) is 9.80 Å². The summed E-state index contributed by atoms with van der Waals surface area (Å²) in [6, 6.07) is 42.4. The third kappa shape index (κ3) is 4.40. The average molecular weight is 726 g/mol. The second kappa shape index (κ2) is 11.0. The van der Waals surface area contributed by atoms with Crippen LogP contribution >= 0.6 is 0 Å². The first-order valence-corrected chi connectivity index (χ1v) is 13.6. The fourth-order valence-electron chi connectivity index (χ4n) is 5.94. The minimum absolute atomic E-state index is 0. The number of nitrogens with zero attached hydrogens (tertiary/aromatic N) is 3. The Morgan fingerprint density at radius 1 is 0.738 bits per heavy atom. The standard InChI is InChI=1S/C31H19N3.C5H8O2.Ir/c1-2-10-21(11-3-1)32-20-33(28-17-9-8-16-27(28)32)29-19-18-23-22-12-4-6-14-25(22)34-26-15-7-5-13-24(26)30(29)31(23)34;1-4(6)3-5(2)7;/h1-18,20H;3,6H,1-2H3;/q-2;;/b;4-3-;. The van der Waals surface area contributed by atoms with Gasteiger partial charge in [0.05, 0.1) is 5.76 Å². The minimum Gasteiger partial charge on any atom is -0.512 e. The second-order valence-electron chi connectivity index (χ2n) is 10.2. The zero-order valence-corrected chi connectivity index (χ0v) is 25.5. The van der Waals surface area contributed by atoms with E-state index in [1.165, 1.54) is 63.7 Å². The molecule has 0 saturated carbocycles. The van der Waals surface area contributed by atoms with E-state index in [0.29, 0.717) is 0 Å². The van der Waals surface area contributed by atoms with Crippen LogP contribution in [0.15, 0.2) is 121 Å². The van der Waals surface area contributed by atoms with Crippen molar-refractivity contribution in [3.63, 3.8) is 0 Å². The van der Waals surface area contributed by atoms with Crippen LogP contribution < -0.4 is 9.80 Å². The fraction of sp³-hybridized carbons (Fsp3) is 0.0556. The predicted molar refractivity (Wildman–Crippen MR) is 168 cm³/mol. The zero-order valence-electron chi connectivity index (χ0n) is 23.1. The smallest absolute Gasteiger partial charge is 0.155 e. The number of anilines is 4. The molecule has 7 aromatic rings. The molecule has 5 nitrogen and oxygen atoms in total. The molecule has 5 aromatic carbocycles. The first-order valence-electron chi connectivity index (χ1n) is 13.6. The first-order chi connectivity index (χ1) is 20.0. The topological polar surface area (TPSA) is 48.2 Å². The van der Waals surface area contributed by atoms with Gasteiger partial charge in [0.15, 0.2) is 5.78 Å². The molecule has 6 heteroatoms. The van der Waals surface area contributed by atoms with Gasteiger partial charge in [-0.05, 0) is 66.5 Å². The van der Waals surface area contributed by atoms with Crippen LogP contribution in [0.4, 0.5) is 22.7 Å². The molecule has 2 aromatic heterocycles. The van der Waals surface area contributed by atoms with E-state index in [1.54, 1.807) is 0 Å². The zero-order chi connectivity index (χ0) is 28.1. The maximum absolute atomic E-state index is 10.0. The Hall–Kier alpha value is -4.64. The maximum atomic E-state index is 10.0. The van der Waals surface area contributed by atoms with Gasteiger partial charge in [0.1, 0.15) is 0 Å². The summed E-state index contributed by atoms with van der Waals surface area (Å²) in [7, 11) is 0. The molecule has 0 fully saturated rings. The molecule has 3 heterocycles. The van der Waals surface area contributed by atoms with E-state index < -0.39 is 0 Å². The van der Waals surface area contributed by atoms with Crippen LogP contribution in [0.2, 0.25) is 0 Å². The van der Waals surface area contributed by atoms with Crippen molar-refractivity contribution in [2.45, 2.75) is 13.8 Å². The normalized spacial score (nSPS) is 13.0. The number of fused-ring (bicyclic) bond motifs is 7. The van der Waals surface area contributed by atoms with Crippen LogP contribution in [0.3, 0.4) is 0 Å². The Kier molecular flexibility index (Phi) is 7.19. The van der Waals surface area contributed by atoms with Gasteiger partial charge in [-0.15, -0.1) is 12.1 Å². The van der Waals surface area contributed by atoms with Gasteiger partial charge < -0.3 is 19.3 Å². The van der Waals surface area contributed by atoms with Crippen LogP contribution in [0.5, 0.6) is 0 Å². The average Bonchev–Trinajstić information content (AvgIpc) is 3.65. The summed E-state index contributed by atoms with van der Waals surface area (Å²) in [6.07, 6.45) is 1.17. The molecule has 42 heavy (non-hydrogen) atoms. The molecule has 0 bridgehead atoms. The Labute approximate surface area is 257 Å². The summed E-state index contributed by atoms with van der Waals surface area (Å²) in [5, 5.41) is 13.4. The van der Waals surface area contributed by atoms with Crippen LogP contribution in [-0.4, -0.2) is 15.3 Å². The predicted octanol–water partition coefficient (Wildman–Crippen LogP) is 9.08. The van der Waals surface area contributed by atoms with E-state index in [4.69, 9.17) is 5.11 Å². The minimum atomic E-state index is -0.125. The molecule has 8 rings (SSSR count). The van der Waals surface area contributed by atoms with Crippen molar-refractivity contribution in [2.24, 2.45) is 0 Å². The Balaban J connectivity index is 0.000000356. The molecule has 1 radical (unpaired) electrons. The Bertz CT molecular complexity index is 2090. The SMILES string of the molecule is CC(=O)/C=C(/C)O.[Ir].[c-]1cc2c3ccccc3n3c4ccccc4c(c1N1[CH-]N(c4ccccc4)c4ccccc41)c23. The summed E-state index contributed by atoms with van der Waals surface area (Å²) in [5.74, 6) is -0.0625. The summed E-state index contributed by atoms with van der Waals surface area (Å²) in [6.45, 7) is 5.04. The van der Waals surface area contributed by atoms with Crippen molar-refractivity contribution in [3.8, 4) is 0 Å². The number of rotatable bonds is 3. The Morgan fingerprint density at radius 2 is 1.31 bits per heavy atom. The van der Waals surface area contributed by atoms with Gasteiger partial charge in [0.25, 0.3) is 0 Å². The number of benzene rings is 5. The van der Waals surface area contributed by atoms with Crippen molar-refractivity contribution in [1.82, 2.24) is 4.40 Å². The number of aliphatic hydroxyl groups excluding tert-OH is 1. The number of aromatic nitrogens is 1. The van der Waals surface area contributed by atoms with Crippen molar-refractivity contribution >= 4 is 66.6 Å². The quantitative estimate of drug-likeness (QED) is 0.112. The van der Waals surface area contributed by atoms with Crippen LogP contribution in [-0.2, 0) is 24.9 Å². The third-order valence-electron chi connectivity index (χ3n) is 7.47. The number of ketones is 1. The molecule has 1 aliphatic heterocycles. The molecule has 209 valence electrons. The summed E-state index contributed by atoms with van der Waals surface area (Å²) >= 11 is 0. The number of allylic oxidation sites excluding steroid dienone is 2. The molecular formula is C36H27IrN3O2-2. The molecule has 0 spiro atoms. The number of carbonyl (C=O) groups excluding carboxylic acids is 1. The molecule has 0 aliphatic carbocycles. The molecule has 0 unspecified atom stereocenters. The van der Waals surface area contributed by atoms with Crippen LogP contribution in [0.1, 0.15) is 13.8 Å². The van der Waals surface area contributed by atoms with Gasteiger partial charge in [-0.2, -0.15) is 12.1 Å².